The van der Waals surface area contributed by atoms with Crippen LogP contribution in [0.4, 0.5) is 18.9 Å². The maximum atomic E-state index is 13.3. The Morgan fingerprint density at radius 2 is 1.71 bits per heavy atom. The molecule has 1 aliphatic rings. The Balaban J connectivity index is 1.67. The van der Waals surface area contributed by atoms with E-state index >= 15 is 0 Å². The summed E-state index contributed by atoms with van der Waals surface area (Å²) in [7, 11) is -2.62. The summed E-state index contributed by atoms with van der Waals surface area (Å²) >= 11 is 2.95. The molecule has 0 radical (unpaired) electrons. The molecule has 1 aliphatic heterocycles. The monoisotopic (exact) mass is 519 g/mol. The molecule has 31 heavy (non-hydrogen) atoms. The lowest BCUT2D eigenvalue weighted by Gasteiger charge is -2.32. The van der Waals surface area contributed by atoms with E-state index in [2.05, 4.69) is 26.0 Å². The van der Waals surface area contributed by atoms with Crippen molar-refractivity contribution >= 4 is 37.5 Å². The molecule has 1 fully saturated rings. The van der Waals surface area contributed by atoms with Gasteiger partial charge in [-0.15, -0.1) is 0 Å². The van der Waals surface area contributed by atoms with Crippen molar-refractivity contribution in [1.29, 1.82) is 0 Å². The number of anilines is 1. The SMILES string of the molecule is CNc1ccc(C(=O)N2CCC(NS(=O)(=O)c3ccc(Br)cc3C(F)(F)F)CC2)cc1. The number of piperidine rings is 1. The summed E-state index contributed by atoms with van der Waals surface area (Å²) in [4.78, 5) is 13.4. The first kappa shape index (κ1) is 23.6. The zero-order chi connectivity index (χ0) is 22.8. The van der Waals surface area contributed by atoms with Gasteiger partial charge < -0.3 is 10.2 Å². The highest BCUT2D eigenvalue weighted by Gasteiger charge is 2.38. The summed E-state index contributed by atoms with van der Waals surface area (Å²) in [6, 6.07) is 9.34. The van der Waals surface area contributed by atoms with E-state index < -0.39 is 32.7 Å². The molecule has 0 aromatic heterocycles. The molecule has 168 valence electrons. The third-order valence-electron chi connectivity index (χ3n) is 5.06. The molecule has 0 spiro atoms. The highest BCUT2D eigenvalue weighted by atomic mass is 79.9. The van der Waals surface area contributed by atoms with Crippen molar-refractivity contribution in [3.8, 4) is 0 Å². The molecule has 0 unspecified atom stereocenters. The fourth-order valence-corrected chi connectivity index (χ4v) is 5.28. The van der Waals surface area contributed by atoms with Gasteiger partial charge in [-0.05, 0) is 55.3 Å². The molecule has 0 atom stereocenters. The Morgan fingerprint density at radius 1 is 1.10 bits per heavy atom. The quantitative estimate of drug-likeness (QED) is 0.623. The summed E-state index contributed by atoms with van der Waals surface area (Å²) < 4.78 is 67.8. The van der Waals surface area contributed by atoms with Gasteiger partial charge in [-0.2, -0.15) is 13.2 Å². The Bertz CT molecular complexity index is 1050. The largest absolute Gasteiger partial charge is 0.417 e. The second-order valence-electron chi connectivity index (χ2n) is 7.15. The highest BCUT2D eigenvalue weighted by molar-refractivity contribution is 9.10. The standard InChI is InChI=1S/C20H21BrF3N3O3S/c1-25-15-5-2-13(3-6-15)19(28)27-10-8-16(9-11-27)26-31(29,30)18-7-4-14(21)12-17(18)20(22,23)24/h2-7,12,16,25-26H,8-11H2,1H3. The Morgan fingerprint density at radius 3 is 2.26 bits per heavy atom. The molecule has 1 saturated heterocycles. The fourth-order valence-electron chi connectivity index (χ4n) is 3.40. The van der Waals surface area contributed by atoms with Crippen LogP contribution in [-0.4, -0.2) is 45.4 Å². The molecule has 6 nitrogen and oxygen atoms in total. The van der Waals surface area contributed by atoms with Gasteiger partial charge in [-0.3, -0.25) is 4.79 Å². The molecular weight excluding hydrogens is 499 g/mol. The van der Waals surface area contributed by atoms with E-state index in [1.165, 1.54) is 6.07 Å². The van der Waals surface area contributed by atoms with Crippen LogP contribution in [0.25, 0.3) is 0 Å². The lowest BCUT2D eigenvalue weighted by molar-refractivity contribution is -0.139. The number of hydrogen-bond donors (Lipinski definition) is 2. The predicted octanol–water partition coefficient (Wildman–Crippen LogP) is 4.09. The van der Waals surface area contributed by atoms with Crippen molar-refractivity contribution in [1.82, 2.24) is 9.62 Å². The maximum absolute atomic E-state index is 13.3. The second kappa shape index (κ2) is 9.17. The minimum absolute atomic E-state index is 0.133. The van der Waals surface area contributed by atoms with E-state index in [9.17, 15) is 26.4 Å². The van der Waals surface area contributed by atoms with Gasteiger partial charge in [0.1, 0.15) is 0 Å². The maximum Gasteiger partial charge on any atom is 0.417 e. The van der Waals surface area contributed by atoms with Crippen LogP contribution in [0, 0.1) is 0 Å². The van der Waals surface area contributed by atoms with E-state index in [-0.39, 0.29) is 10.4 Å². The van der Waals surface area contributed by atoms with Crippen LogP contribution < -0.4 is 10.0 Å². The average Bonchev–Trinajstić information content (AvgIpc) is 2.73. The van der Waals surface area contributed by atoms with E-state index in [4.69, 9.17) is 0 Å². The van der Waals surface area contributed by atoms with Gasteiger partial charge in [0.25, 0.3) is 5.91 Å². The molecule has 2 aromatic carbocycles. The molecule has 11 heteroatoms. The molecule has 0 aliphatic carbocycles. The molecular formula is C20H21BrF3N3O3S. The first-order valence-electron chi connectivity index (χ1n) is 9.47. The number of carbonyl (C=O) groups excluding carboxylic acids is 1. The van der Waals surface area contributed by atoms with Crippen LogP contribution >= 0.6 is 15.9 Å². The lowest BCUT2D eigenvalue weighted by atomic mass is 10.0. The molecule has 1 amide bonds. The van der Waals surface area contributed by atoms with Crippen LogP contribution in [0.2, 0.25) is 0 Å². The van der Waals surface area contributed by atoms with Crippen molar-refractivity contribution in [2.75, 3.05) is 25.5 Å². The van der Waals surface area contributed by atoms with Crippen molar-refractivity contribution in [3.63, 3.8) is 0 Å². The number of sulfonamides is 1. The number of alkyl halides is 3. The number of nitrogens with one attached hydrogen (secondary N) is 2. The molecule has 0 saturated carbocycles. The Kier molecular flexibility index (Phi) is 6.97. The minimum atomic E-state index is -4.81. The van der Waals surface area contributed by atoms with Gasteiger partial charge in [0, 0.05) is 41.9 Å². The van der Waals surface area contributed by atoms with E-state index in [1.54, 1.807) is 36.2 Å². The van der Waals surface area contributed by atoms with E-state index in [1.807, 2.05) is 0 Å². The third-order valence-corrected chi connectivity index (χ3v) is 7.13. The highest BCUT2D eigenvalue weighted by Crippen LogP contribution is 2.36. The van der Waals surface area contributed by atoms with Crippen LogP contribution in [0.15, 0.2) is 51.8 Å². The van der Waals surface area contributed by atoms with Gasteiger partial charge in [0.05, 0.1) is 10.5 Å². The van der Waals surface area contributed by atoms with Crippen molar-refractivity contribution in [3.05, 3.63) is 58.1 Å². The summed E-state index contributed by atoms with van der Waals surface area (Å²) in [5, 5.41) is 2.97. The van der Waals surface area contributed by atoms with Crippen molar-refractivity contribution in [2.45, 2.75) is 30.0 Å². The zero-order valence-electron chi connectivity index (χ0n) is 16.5. The first-order valence-corrected chi connectivity index (χ1v) is 11.7. The van der Waals surface area contributed by atoms with Crippen LogP contribution in [-0.2, 0) is 16.2 Å². The molecule has 3 rings (SSSR count). The van der Waals surface area contributed by atoms with Gasteiger partial charge >= 0.3 is 6.18 Å². The number of rotatable bonds is 5. The third kappa shape index (κ3) is 5.58. The van der Waals surface area contributed by atoms with E-state index in [0.717, 1.165) is 17.8 Å². The van der Waals surface area contributed by atoms with Gasteiger partial charge in [0.2, 0.25) is 10.0 Å². The average molecular weight is 520 g/mol. The lowest BCUT2D eigenvalue weighted by Crippen LogP contribution is -2.46. The predicted molar refractivity (Wildman–Crippen MR) is 114 cm³/mol. The number of amides is 1. The van der Waals surface area contributed by atoms with Gasteiger partial charge in [0.15, 0.2) is 0 Å². The summed E-state index contributed by atoms with van der Waals surface area (Å²) in [5.41, 5.74) is 0.158. The van der Waals surface area contributed by atoms with Gasteiger partial charge in [-0.1, -0.05) is 15.9 Å². The number of carbonyl (C=O) groups is 1. The van der Waals surface area contributed by atoms with Crippen molar-refractivity contribution in [2.24, 2.45) is 0 Å². The number of likely N-dealkylation sites (tertiary alicyclic amines) is 1. The Hall–Kier alpha value is -2.11. The summed E-state index contributed by atoms with van der Waals surface area (Å²) in [6.07, 6.45) is -4.21. The molecule has 0 bridgehead atoms. The molecule has 2 aromatic rings. The van der Waals surface area contributed by atoms with E-state index in [0.29, 0.717) is 31.5 Å². The topological polar surface area (TPSA) is 78.5 Å². The minimum Gasteiger partial charge on any atom is -0.388 e. The smallest absolute Gasteiger partial charge is 0.388 e. The van der Waals surface area contributed by atoms with Gasteiger partial charge in [-0.25, -0.2) is 13.1 Å². The number of hydrogen-bond acceptors (Lipinski definition) is 4. The fraction of sp³-hybridized carbons (Fsp3) is 0.350. The summed E-state index contributed by atoms with van der Waals surface area (Å²) in [6.45, 7) is 0.596. The van der Waals surface area contributed by atoms with Crippen LogP contribution in [0.5, 0.6) is 0 Å². The number of halogens is 4. The molecule has 1 heterocycles. The van der Waals surface area contributed by atoms with Crippen molar-refractivity contribution < 1.29 is 26.4 Å². The van der Waals surface area contributed by atoms with Crippen LogP contribution in [0.3, 0.4) is 0 Å². The number of benzene rings is 2. The summed E-state index contributed by atoms with van der Waals surface area (Å²) in [5.74, 6) is -0.170. The first-order chi connectivity index (χ1) is 14.5. The normalized spacial score (nSPS) is 15.7. The second-order valence-corrected chi connectivity index (χ2v) is 9.75. The van der Waals surface area contributed by atoms with Crippen LogP contribution in [0.1, 0.15) is 28.8 Å². The molecule has 2 N–H and O–H groups in total. The zero-order valence-corrected chi connectivity index (χ0v) is 18.9. The number of nitrogens with zero attached hydrogens (tertiary/aromatic N) is 1. The Labute approximate surface area is 187 Å².